The van der Waals surface area contributed by atoms with E-state index >= 15 is 0 Å². The van der Waals surface area contributed by atoms with E-state index in [1.54, 1.807) is 0 Å². The average molecular weight is 218 g/mol. The molecule has 0 spiro atoms. The van der Waals surface area contributed by atoms with Gasteiger partial charge in [-0.3, -0.25) is 4.99 Å². The molecule has 0 aromatic heterocycles. The van der Waals surface area contributed by atoms with Crippen LogP contribution in [0.2, 0.25) is 0 Å². The lowest BCUT2D eigenvalue weighted by Gasteiger charge is -2.25. The van der Waals surface area contributed by atoms with E-state index in [0.29, 0.717) is 5.92 Å². The second-order valence-corrected chi connectivity index (χ2v) is 4.12. The van der Waals surface area contributed by atoms with Crippen LogP contribution >= 0.6 is 0 Å². The van der Waals surface area contributed by atoms with Crippen LogP contribution in [0.1, 0.15) is 18.4 Å². The zero-order chi connectivity index (χ0) is 11.4. The lowest BCUT2D eigenvalue weighted by molar-refractivity contribution is 0.340. The van der Waals surface area contributed by atoms with E-state index in [2.05, 4.69) is 29.1 Å². The molecule has 1 unspecified atom stereocenters. The summed E-state index contributed by atoms with van der Waals surface area (Å²) in [5.41, 5.74) is 1.34. The second kappa shape index (κ2) is 5.01. The monoisotopic (exact) mass is 218 g/mol. The van der Waals surface area contributed by atoms with Gasteiger partial charge in [0.2, 0.25) is 0 Å². The first-order valence-electron chi connectivity index (χ1n) is 5.72. The van der Waals surface area contributed by atoms with Crippen LogP contribution in [0.3, 0.4) is 0 Å². The maximum absolute atomic E-state index is 5.43. The van der Waals surface area contributed by atoms with E-state index < -0.39 is 0 Å². The van der Waals surface area contributed by atoms with Crippen molar-refractivity contribution in [1.82, 2.24) is 4.90 Å². The Bertz CT molecular complexity index is 359. The third-order valence-corrected chi connectivity index (χ3v) is 2.78. The maximum atomic E-state index is 5.43. The molecular weight excluding hydrogens is 200 g/mol. The maximum Gasteiger partial charge on any atom is 0.119 e. The van der Waals surface area contributed by atoms with Crippen LogP contribution in [0.25, 0.3) is 0 Å². The van der Waals surface area contributed by atoms with Gasteiger partial charge >= 0.3 is 0 Å². The van der Waals surface area contributed by atoms with Gasteiger partial charge in [-0.2, -0.15) is 0 Å². The third-order valence-electron chi connectivity index (χ3n) is 2.78. The molecule has 1 aliphatic heterocycles. The van der Waals surface area contributed by atoms with Gasteiger partial charge in [0.25, 0.3) is 0 Å². The van der Waals surface area contributed by atoms with E-state index in [-0.39, 0.29) is 0 Å². The summed E-state index contributed by atoms with van der Waals surface area (Å²) in [5, 5.41) is 0. The van der Waals surface area contributed by atoms with Crippen molar-refractivity contribution in [2.24, 2.45) is 4.99 Å². The summed E-state index contributed by atoms with van der Waals surface area (Å²) in [6.45, 7) is 4.64. The lowest BCUT2D eigenvalue weighted by atomic mass is 9.98. The highest BCUT2D eigenvalue weighted by Crippen LogP contribution is 2.22. The van der Waals surface area contributed by atoms with E-state index in [1.165, 1.54) is 5.56 Å². The standard InChI is InChI=1S/C13H18N2O/c1-3-16-13-6-4-11(5-7-13)12-8-14-10-15(2)9-12/h4-7,10,12H,3,8-9H2,1-2H3. The quantitative estimate of drug-likeness (QED) is 0.776. The molecule has 0 N–H and O–H groups in total. The molecule has 0 bridgehead atoms. The van der Waals surface area contributed by atoms with Gasteiger partial charge in [0.05, 0.1) is 12.9 Å². The summed E-state index contributed by atoms with van der Waals surface area (Å²) in [5.74, 6) is 1.45. The third kappa shape index (κ3) is 2.54. The molecule has 2 rings (SSSR count). The highest BCUT2D eigenvalue weighted by molar-refractivity contribution is 5.56. The number of nitrogens with zero attached hydrogens (tertiary/aromatic N) is 2. The van der Waals surface area contributed by atoms with Gasteiger partial charge in [-0.05, 0) is 24.6 Å². The number of hydrogen-bond acceptors (Lipinski definition) is 3. The molecule has 1 atom stereocenters. The molecule has 1 aromatic rings. The summed E-state index contributed by atoms with van der Waals surface area (Å²) in [6, 6.07) is 8.36. The normalized spacial score (nSPS) is 19.9. The van der Waals surface area contributed by atoms with Crippen molar-refractivity contribution in [2.75, 3.05) is 26.7 Å². The van der Waals surface area contributed by atoms with Crippen LogP contribution in [0, 0.1) is 0 Å². The highest BCUT2D eigenvalue weighted by atomic mass is 16.5. The van der Waals surface area contributed by atoms with Crippen molar-refractivity contribution in [3.05, 3.63) is 29.8 Å². The minimum Gasteiger partial charge on any atom is -0.494 e. The first-order valence-corrected chi connectivity index (χ1v) is 5.72. The van der Waals surface area contributed by atoms with Gasteiger partial charge in [-0.25, -0.2) is 0 Å². The van der Waals surface area contributed by atoms with Gasteiger partial charge < -0.3 is 9.64 Å². The second-order valence-electron chi connectivity index (χ2n) is 4.12. The van der Waals surface area contributed by atoms with Crippen molar-refractivity contribution in [1.29, 1.82) is 0 Å². The molecule has 16 heavy (non-hydrogen) atoms. The lowest BCUT2D eigenvalue weighted by Crippen LogP contribution is -2.29. The van der Waals surface area contributed by atoms with Crippen LogP contribution in [0.4, 0.5) is 0 Å². The number of ether oxygens (including phenoxy) is 1. The first-order chi connectivity index (χ1) is 7.79. The molecule has 0 aliphatic carbocycles. The molecule has 0 amide bonds. The zero-order valence-corrected chi connectivity index (χ0v) is 9.89. The number of rotatable bonds is 3. The SMILES string of the molecule is CCOc1ccc(C2CN=CN(C)C2)cc1. The van der Waals surface area contributed by atoms with E-state index in [4.69, 9.17) is 4.74 Å². The Kier molecular flexibility index (Phi) is 3.44. The Morgan fingerprint density at radius 3 is 2.75 bits per heavy atom. The van der Waals surface area contributed by atoms with Crippen LogP contribution in [0.5, 0.6) is 5.75 Å². The summed E-state index contributed by atoms with van der Waals surface area (Å²) >= 11 is 0. The Hall–Kier alpha value is -1.51. The summed E-state index contributed by atoms with van der Waals surface area (Å²) in [7, 11) is 2.06. The molecule has 0 radical (unpaired) electrons. The van der Waals surface area contributed by atoms with Gasteiger partial charge in [-0.15, -0.1) is 0 Å². The molecule has 0 saturated heterocycles. The van der Waals surface area contributed by atoms with Gasteiger partial charge in [0.15, 0.2) is 0 Å². The smallest absolute Gasteiger partial charge is 0.119 e. The molecule has 0 saturated carbocycles. The van der Waals surface area contributed by atoms with Crippen molar-refractivity contribution in [3.8, 4) is 5.75 Å². The zero-order valence-electron chi connectivity index (χ0n) is 9.89. The Morgan fingerprint density at radius 2 is 2.12 bits per heavy atom. The van der Waals surface area contributed by atoms with E-state index in [1.807, 2.05) is 25.4 Å². The average Bonchev–Trinajstić information content (AvgIpc) is 2.30. The molecule has 86 valence electrons. The van der Waals surface area contributed by atoms with Crippen LogP contribution in [-0.4, -0.2) is 38.0 Å². The topological polar surface area (TPSA) is 24.8 Å². The fourth-order valence-electron chi connectivity index (χ4n) is 1.98. The van der Waals surface area contributed by atoms with Crippen LogP contribution in [0.15, 0.2) is 29.3 Å². The number of hydrogen-bond donors (Lipinski definition) is 0. The summed E-state index contributed by atoms with van der Waals surface area (Å²) < 4.78 is 5.43. The molecule has 3 heteroatoms. The molecule has 1 aromatic carbocycles. The van der Waals surface area contributed by atoms with Crippen molar-refractivity contribution < 1.29 is 4.74 Å². The summed E-state index contributed by atoms with van der Waals surface area (Å²) in [6.07, 6.45) is 1.91. The fraction of sp³-hybridized carbons (Fsp3) is 0.462. The Morgan fingerprint density at radius 1 is 1.38 bits per heavy atom. The predicted octanol–water partition coefficient (Wildman–Crippen LogP) is 2.14. The van der Waals surface area contributed by atoms with Crippen molar-refractivity contribution in [2.45, 2.75) is 12.8 Å². The molecule has 1 heterocycles. The minimum absolute atomic E-state index is 0.505. The Balaban J connectivity index is 2.06. The van der Waals surface area contributed by atoms with Crippen molar-refractivity contribution in [3.63, 3.8) is 0 Å². The molecule has 1 aliphatic rings. The minimum atomic E-state index is 0.505. The van der Waals surface area contributed by atoms with Gasteiger partial charge in [0, 0.05) is 26.1 Å². The fourth-order valence-corrected chi connectivity index (χ4v) is 1.98. The highest BCUT2D eigenvalue weighted by Gasteiger charge is 2.15. The largest absolute Gasteiger partial charge is 0.494 e. The van der Waals surface area contributed by atoms with Crippen LogP contribution < -0.4 is 4.74 Å². The predicted molar refractivity (Wildman–Crippen MR) is 66.3 cm³/mol. The molecule has 0 fully saturated rings. The van der Waals surface area contributed by atoms with E-state index in [9.17, 15) is 0 Å². The van der Waals surface area contributed by atoms with E-state index in [0.717, 1.165) is 25.4 Å². The molecule has 3 nitrogen and oxygen atoms in total. The van der Waals surface area contributed by atoms with Crippen LogP contribution in [-0.2, 0) is 0 Å². The number of benzene rings is 1. The summed E-state index contributed by atoms with van der Waals surface area (Å²) in [4.78, 5) is 6.47. The first kappa shape index (κ1) is 11.0. The van der Waals surface area contributed by atoms with Crippen molar-refractivity contribution >= 4 is 6.34 Å². The van der Waals surface area contributed by atoms with Gasteiger partial charge in [0.1, 0.15) is 5.75 Å². The Labute approximate surface area is 96.7 Å². The van der Waals surface area contributed by atoms with Gasteiger partial charge in [-0.1, -0.05) is 12.1 Å². The number of likely N-dealkylation sites (N-methyl/N-ethyl adjacent to an activating group) is 1. The number of aliphatic imine (C=N–C) groups is 1. The molecular formula is C13H18N2O.